The maximum Gasteiger partial charge on any atom is 0.264 e. The van der Waals surface area contributed by atoms with Gasteiger partial charge in [0.15, 0.2) is 0 Å². The summed E-state index contributed by atoms with van der Waals surface area (Å²) in [6.45, 7) is 0.380. The lowest BCUT2D eigenvalue weighted by Crippen LogP contribution is -2.29. The maximum atomic E-state index is 12.8. The average Bonchev–Trinajstić information content (AvgIpc) is 2.81. The van der Waals surface area contributed by atoms with Crippen LogP contribution in [0.2, 0.25) is 10.0 Å². The first-order valence-corrected chi connectivity index (χ1v) is 8.45. The van der Waals surface area contributed by atoms with Crippen molar-refractivity contribution >= 4 is 44.6 Å². The molecule has 2 N–H and O–H groups in total. The van der Waals surface area contributed by atoms with Gasteiger partial charge in [-0.1, -0.05) is 29.3 Å². The standard InChI is InChI=1S/C14H12Cl2N2O2S/c15-10-5-11(16)7-13(6-10)21(19,20)18-4-3-9-1-2-12(17)8-14(9)18/h1-2,5-8H,3-4,17H2. The lowest BCUT2D eigenvalue weighted by molar-refractivity contribution is 0.592. The second-order valence-electron chi connectivity index (χ2n) is 4.82. The van der Waals surface area contributed by atoms with Crippen molar-refractivity contribution in [3.8, 4) is 0 Å². The van der Waals surface area contributed by atoms with Crippen molar-refractivity contribution in [3.63, 3.8) is 0 Å². The van der Waals surface area contributed by atoms with E-state index in [-0.39, 0.29) is 14.9 Å². The first-order valence-electron chi connectivity index (χ1n) is 6.25. The van der Waals surface area contributed by atoms with Crippen molar-refractivity contribution in [2.45, 2.75) is 11.3 Å². The number of nitrogens with two attached hydrogens (primary N) is 1. The van der Waals surface area contributed by atoms with Gasteiger partial charge in [-0.25, -0.2) is 8.42 Å². The molecule has 0 aromatic heterocycles. The SMILES string of the molecule is Nc1ccc2c(c1)N(S(=O)(=O)c1cc(Cl)cc(Cl)c1)CC2. The third-order valence-electron chi connectivity index (χ3n) is 3.39. The van der Waals surface area contributed by atoms with Gasteiger partial charge in [-0.15, -0.1) is 0 Å². The first kappa shape index (κ1) is 14.5. The van der Waals surface area contributed by atoms with Gasteiger partial charge in [-0.2, -0.15) is 0 Å². The second-order valence-corrected chi connectivity index (χ2v) is 7.56. The van der Waals surface area contributed by atoms with Crippen LogP contribution < -0.4 is 10.0 Å². The molecule has 0 aliphatic carbocycles. The van der Waals surface area contributed by atoms with E-state index in [1.54, 1.807) is 12.1 Å². The molecule has 0 atom stereocenters. The summed E-state index contributed by atoms with van der Waals surface area (Å²) < 4.78 is 26.9. The molecular formula is C14H12Cl2N2O2S. The summed E-state index contributed by atoms with van der Waals surface area (Å²) in [4.78, 5) is 0.0790. The minimum atomic E-state index is -3.70. The van der Waals surface area contributed by atoms with E-state index in [1.165, 1.54) is 22.5 Å². The summed E-state index contributed by atoms with van der Waals surface area (Å²) in [7, 11) is -3.70. The van der Waals surface area contributed by atoms with E-state index in [4.69, 9.17) is 28.9 Å². The number of fused-ring (bicyclic) bond motifs is 1. The van der Waals surface area contributed by atoms with Gasteiger partial charge in [0.2, 0.25) is 0 Å². The average molecular weight is 343 g/mol. The summed E-state index contributed by atoms with van der Waals surface area (Å²) in [5.74, 6) is 0. The fourth-order valence-electron chi connectivity index (χ4n) is 2.42. The number of sulfonamides is 1. The Morgan fingerprint density at radius 3 is 2.38 bits per heavy atom. The Labute approximate surface area is 133 Å². The molecule has 0 radical (unpaired) electrons. The topological polar surface area (TPSA) is 63.4 Å². The van der Waals surface area contributed by atoms with Crippen LogP contribution in [0.15, 0.2) is 41.3 Å². The summed E-state index contributed by atoms with van der Waals surface area (Å²) in [6, 6.07) is 9.58. The number of halogens is 2. The summed E-state index contributed by atoms with van der Waals surface area (Å²) in [5.41, 5.74) is 7.86. The van der Waals surface area contributed by atoms with E-state index in [2.05, 4.69) is 0 Å². The Kier molecular flexibility index (Phi) is 3.51. The van der Waals surface area contributed by atoms with Crippen LogP contribution in [0.5, 0.6) is 0 Å². The van der Waals surface area contributed by atoms with Crippen molar-refractivity contribution in [1.29, 1.82) is 0 Å². The molecule has 3 rings (SSSR count). The minimum absolute atomic E-state index is 0.0790. The molecule has 21 heavy (non-hydrogen) atoms. The van der Waals surface area contributed by atoms with Crippen molar-refractivity contribution < 1.29 is 8.42 Å². The van der Waals surface area contributed by atoms with Gasteiger partial charge in [-0.3, -0.25) is 4.31 Å². The maximum absolute atomic E-state index is 12.8. The van der Waals surface area contributed by atoms with Crippen LogP contribution in [0, 0.1) is 0 Å². The summed E-state index contributed by atoms with van der Waals surface area (Å²) >= 11 is 11.8. The van der Waals surface area contributed by atoms with Gasteiger partial charge in [0.25, 0.3) is 10.0 Å². The van der Waals surface area contributed by atoms with Gasteiger partial charge < -0.3 is 5.73 Å². The predicted octanol–water partition coefficient (Wildman–Crippen LogP) is 3.33. The smallest absolute Gasteiger partial charge is 0.264 e. The van der Waals surface area contributed by atoms with Crippen molar-refractivity contribution in [3.05, 3.63) is 52.0 Å². The Morgan fingerprint density at radius 1 is 1.05 bits per heavy atom. The zero-order chi connectivity index (χ0) is 15.2. The molecule has 0 spiro atoms. The molecule has 2 aromatic carbocycles. The van der Waals surface area contributed by atoms with Crippen LogP contribution in [-0.2, 0) is 16.4 Å². The number of nitrogen functional groups attached to an aromatic ring is 1. The Balaban J connectivity index is 2.11. The van der Waals surface area contributed by atoms with E-state index >= 15 is 0 Å². The minimum Gasteiger partial charge on any atom is -0.399 e. The van der Waals surface area contributed by atoms with E-state index in [0.717, 1.165) is 5.56 Å². The van der Waals surface area contributed by atoms with Crippen LogP contribution in [0.4, 0.5) is 11.4 Å². The molecule has 0 fully saturated rings. The fraction of sp³-hybridized carbons (Fsp3) is 0.143. The molecule has 0 saturated carbocycles. The molecule has 1 heterocycles. The molecule has 0 saturated heterocycles. The normalized spacial score (nSPS) is 14.3. The molecule has 1 aliphatic rings. The molecule has 0 unspecified atom stereocenters. The van der Waals surface area contributed by atoms with E-state index in [1.807, 2.05) is 6.07 Å². The first-order chi connectivity index (χ1) is 9.88. The van der Waals surface area contributed by atoms with Crippen molar-refractivity contribution in [2.24, 2.45) is 0 Å². The highest BCUT2D eigenvalue weighted by Crippen LogP contribution is 2.35. The van der Waals surface area contributed by atoms with Crippen LogP contribution in [0.25, 0.3) is 0 Å². The number of benzene rings is 2. The number of anilines is 2. The van der Waals surface area contributed by atoms with Gasteiger partial charge in [0.1, 0.15) is 0 Å². The molecule has 2 aromatic rings. The number of hydrogen-bond acceptors (Lipinski definition) is 3. The van der Waals surface area contributed by atoms with Crippen LogP contribution in [0.1, 0.15) is 5.56 Å². The van der Waals surface area contributed by atoms with Gasteiger partial charge >= 0.3 is 0 Å². The zero-order valence-electron chi connectivity index (χ0n) is 10.9. The second kappa shape index (κ2) is 5.09. The summed E-state index contributed by atoms with van der Waals surface area (Å²) in [6.07, 6.45) is 0.656. The monoisotopic (exact) mass is 342 g/mol. The van der Waals surface area contributed by atoms with Gasteiger partial charge in [0, 0.05) is 22.3 Å². The largest absolute Gasteiger partial charge is 0.399 e. The van der Waals surface area contributed by atoms with Crippen molar-refractivity contribution in [2.75, 3.05) is 16.6 Å². The number of nitrogens with zero attached hydrogens (tertiary/aromatic N) is 1. The highest BCUT2D eigenvalue weighted by Gasteiger charge is 2.31. The predicted molar refractivity (Wildman–Crippen MR) is 85.6 cm³/mol. The highest BCUT2D eigenvalue weighted by atomic mass is 35.5. The van der Waals surface area contributed by atoms with Crippen LogP contribution in [0.3, 0.4) is 0 Å². The zero-order valence-corrected chi connectivity index (χ0v) is 13.2. The quantitative estimate of drug-likeness (QED) is 0.851. The van der Waals surface area contributed by atoms with Crippen LogP contribution >= 0.6 is 23.2 Å². The molecule has 4 nitrogen and oxygen atoms in total. The molecule has 7 heteroatoms. The Hall–Kier alpha value is -1.43. The molecule has 0 bridgehead atoms. The highest BCUT2D eigenvalue weighted by molar-refractivity contribution is 7.92. The lowest BCUT2D eigenvalue weighted by atomic mass is 10.1. The summed E-state index contributed by atoms with van der Waals surface area (Å²) in [5, 5.41) is 0.571. The Morgan fingerprint density at radius 2 is 1.71 bits per heavy atom. The fourth-order valence-corrected chi connectivity index (χ4v) is 4.64. The molecule has 1 aliphatic heterocycles. The molecule has 110 valence electrons. The molecular weight excluding hydrogens is 331 g/mol. The third-order valence-corrected chi connectivity index (χ3v) is 5.61. The van der Waals surface area contributed by atoms with Crippen LogP contribution in [-0.4, -0.2) is 15.0 Å². The Bertz CT molecular complexity index is 801. The van der Waals surface area contributed by atoms with Gasteiger partial charge in [0.05, 0.1) is 10.6 Å². The third kappa shape index (κ3) is 2.57. The van der Waals surface area contributed by atoms with E-state index < -0.39 is 10.0 Å². The van der Waals surface area contributed by atoms with E-state index in [9.17, 15) is 8.42 Å². The lowest BCUT2D eigenvalue weighted by Gasteiger charge is -2.20. The number of rotatable bonds is 2. The van der Waals surface area contributed by atoms with E-state index in [0.29, 0.717) is 24.3 Å². The number of hydrogen-bond donors (Lipinski definition) is 1. The van der Waals surface area contributed by atoms with Gasteiger partial charge in [-0.05, 0) is 42.3 Å². The van der Waals surface area contributed by atoms with Crippen molar-refractivity contribution in [1.82, 2.24) is 0 Å². The molecule has 0 amide bonds.